The normalized spacial score (nSPS) is 21.9. The molecule has 0 N–H and O–H groups in total. The summed E-state index contributed by atoms with van der Waals surface area (Å²) >= 11 is 0. The Morgan fingerprint density at radius 2 is 2.05 bits per heavy atom. The predicted octanol–water partition coefficient (Wildman–Crippen LogP) is 0.758. The number of benzene rings is 1. The van der Waals surface area contributed by atoms with Crippen molar-refractivity contribution in [3.63, 3.8) is 0 Å². The van der Waals surface area contributed by atoms with Crippen molar-refractivity contribution in [1.82, 2.24) is 0 Å². The molecule has 1 heterocycles. The summed E-state index contributed by atoms with van der Waals surface area (Å²) in [4.78, 5) is 22.8. The fourth-order valence-electron chi connectivity index (χ4n) is 1.60. The Hall–Kier alpha value is -1.92. The van der Waals surface area contributed by atoms with Gasteiger partial charge in [0, 0.05) is 0 Å². The summed E-state index contributed by atoms with van der Waals surface area (Å²) < 4.78 is 20.0. The lowest BCUT2D eigenvalue weighted by molar-refractivity contribution is -0.155. The van der Waals surface area contributed by atoms with E-state index in [1.54, 1.807) is 30.3 Å². The minimum atomic E-state index is -0.759. The van der Waals surface area contributed by atoms with Gasteiger partial charge in [-0.2, -0.15) is 0 Å². The lowest BCUT2D eigenvalue weighted by Gasteiger charge is -2.11. The number of esters is 2. The average Bonchev–Trinajstić information content (AvgIpc) is 2.93. The molecule has 1 saturated heterocycles. The largest absolute Gasteiger partial charge is 0.467 e. The third-order valence-corrected chi connectivity index (χ3v) is 2.57. The Labute approximate surface area is 110 Å². The molecule has 0 spiro atoms. The Bertz CT molecular complexity index is 444. The number of hydrogen-bond donors (Lipinski definition) is 0. The van der Waals surface area contributed by atoms with E-state index in [0.29, 0.717) is 5.56 Å². The standard InChI is InChI=1S/C13H14O6/c1-16-13(15)10-7-17-11(19-10)8-18-12(14)9-5-3-2-4-6-9/h2-6,10-11H,7-8H2,1H3/t10-,11-/m1/s1. The number of rotatable bonds is 4. The van der Waals surface area contributed by atoms with E-state index in [1.165, 1.54) is 7.11 Å². The number of methoxy groups -OCH3 is 1. The lowest BCUT2D eigenvalue weighted by Crippen LogP contribution is -2.26. The van der Waals surface area contributed by atoms with Gasteiger partial charge in [0.05, 0.1) is 19.3 Å². The van der Waals surface area contributed by atoms with Crippen LogP contribution < -0.4 is 0 Å². The molecule has 1 aromatic carbocycles. The van der Waals surface area contributed by atoms with E-state index in [9.17, 15) is 9.59 Å². The van der Waals surface area contributed by atoms with Crippen LogP contribution in [0, 0.1) is 0 Å². The maximum atomic E-state index is 11.6. The Morgan fingerprint density at radius 1 is 1.32 bits per heavy atom. The molecule has 1 fully saturated rings. The highest BCUT2D eigenvalue weighted by Crippen LogP contribution is 2.13. The van der Waals surface area contributed by atoms with E-state index in [1.807, 2.05) is 0 Å². The zero-order valence-electron chi connectivity index (χ0n) is 10.4. The van der Waals surface area contributed by atoms with Gasteiger partial charge < -0.3 is 18.9 Å². The molecule has 102 valence electrons. The van der Waals surface area contributed by atoms with Crippen molar-refractivity contribution in [3.05, 3.63) is 35.9 Å². The SMILES string of the molecule is COC(=O)[C@H]1CO[C@@H](COC(=O)c2ccccc2)O1. The first kappa shape index (κ1) is 13.5. The molecular weight excluding hydrogens is 252 g/mol. The molecule has 2 rings (SSSR count). The van der Waals surface area contributed by atoms with Crippen molar-refractivity contribution in [3.8, 4) is 0 Å². The summed E-state index contributed by atoms with van der Waals surface area (Å²) in [6, 6.07) is 8.59. The van der Waals surface area contributed by atoms with Gasteiger partial charge in [-0.1, -0.05) is 18.2 Å². The van der Waals surface area contributed by atoms with Gasteiger partial charge >= 0.3 is 11.9 Å². The molecule has 1 aromatic rings. The molecule has 0 aromatic heterocycles. The molecule has 0 radical (unpaired) electrons. The van der Waals surface area contributed by atoms with Crippen molar-refractivity contribution in [1.29, 1.82) is 0 Å². The maximum absolute atomic E-state index is 11.6. The summed E-state index contributed by atoms with van der Waals surface area (Å²) in [7, 11) is 1.27. The van der Waals surface area contributed by atoms with Crippen molar-refractivity contribution >= 4 is 11.9 Å². The van der Waals surface area contributed by atoms with Gasteiger partial charge in [0.25, 0.3) is 0 Å². The van der Waals surface area contributed by atoms with Gasteiger partial charge in [-0.05, 0) is 12.1 Å². The number of carbonyl (C=O) groups excluding carboxylic acids is 2. The van der Waals surface area contributed by atoms with Crippen LogP contribution in [0.25, 0.3) is 0 Å². The lowest BCUT2D eigenvalue weighted by atomic mass is 10.2. The van der Waals surface area contributed by atoms with Crippen LogP contribution in [0.2, 0.25) is 0 Å². The van der Waals surface area contributed by atoms with E-state index in [4.69, 9.17) is 14.2 Å². The zero-order valence-corrected chi connectivity index (χ0v) is 10.4. The first-order valence-corrected chi connectivity index (χ1v) is 5.78. The van der Waals surface area contributed by atoms with Gasteiger partial charge in [0.15, 0.2) is 12.4 Å². The Kier molecular flexibility index (Phi) is 4.48. The fraction of sp³-hybridized carbons (Fsp3) is 0.385. The predicted molar refractivity (Wildman–Crippen MR) is 63.4 cm³/mol. The first-order valence-electron chi connectivity index (χ1n) is 5.78. The average molecular weight is 266 g/mol. The van der Waals surface area contributed by atoms with Gasteiger partial charge in [-0.3, -0.25) is 0 Å². The smallest absolute Gasteiger partial charge is 0.338 e. The first-order chi connectivity index (χ1) is 9.20. The molecule has 1 aliphatic heterocycles. The van der Waals surface area contributed by atoms with Crippen LogP contribution >= 0.6 is 0 Å². The van der Waals surface area contributed by atoms with Crippen LogP contribution in [0.5, 0.6) is 0 Å². The summed E-state index contributed by atoms with van der Waals surface area (Å²) in [6.45, 7) is 0.0292. The second kappa shape index (κ2) is 6.31. The monoisotopic (exact) mass is 266 g/mol. The quantitative estimate of drug-likeness (QED) is 0.749. The van der Waals surface area contributed by atoms with Crippen LogP contribution in [-0.2, 0) is 23.7 Å². The van der Waals surface area contributed by atoms with E-state index in [2.05, 4.69) is 4.74 Å². The van der Waals surface area contributed by atoms with Gasteiger partial charge in [-0.15, -0.1) is 0 Å². The molecule has 0 bridgehead atoms. The summed E-state index contributed by atoms with van der Waals surface area (Å²) in [5.41, 5.74) is 0.449. The molecule has 0 unspecified atom stereocenters. The number of ether oxygens (including phenoxy) is 4. The van der Waals surface area contributed by atoms with Crippen LogP contribution in [0.4, 0.5) is 0 Å². The summed E-state index contributed by atoms with van der Waals surface area (Å²) in [5.74, 6) is -0.966. The van der Waals surface area contributed by atoms with Crippen LogP contribution in [0.3, 0.4) is 0 Å². The highest BCUT2D eigenvalue weighted by atomic mass is 16.7. The molecule has 19 heavy (non-hydrogen) atoms. The molecule has 0 saturated carbocycles. The molecule has 0 amide bonds. The van der Waals surface area contributed by atoms with E-state index >= 15 is 0 Å². The van der Waals surface area contributed by atoms with Crippen molar-refractivity contribution in [2.45, 2.75) is 12.4 Å². The number of carbonyl (C=O) groups is 2. The topological polar surface area (TPSA) is 71.1 Å². The molecule has 6 heteroatoms. The summed E-state index contributed by atoms with van der Waals surface area (Å²) in [6.07, 6.45) is -1.50. The molecule has 0 aliphatic carbocycles. The van der Waals surface area contributed by atoms with E-state index in [-0.39, 0.29) is 13.2 Å². The molecule has 1 aliphatic rings. The minimum Gasteiger partial charge on any atom is -0.467 e. The van der Waals surface area contributed by atoms with Crippen molar-refractivity contribution in [2.75, 3.05) is 20.3 Å². The van der Waals surface area contributed by atoms with Crippen LogP contribution in [-0.4, -0.2) is 44.7 Å². The second-order valence-corrected chi connectivity index (χ2v) is 3.88. The number of hydrogen-bond acceptors (Lipinski definition) is 6. The Balaban J connectivity index is 1.78. The van der Waals surface area contributed by atoms with Crippen molar-refractivity contribution < 1.29 is 28.5 Å². The van der Waals surface area contributed by atoms with Gasteiger partial charge in [0.2, 0.25) is 0 Å². The third kappa shape index (κ3) is 3.52. The minimum absolute atomic E-state index is 0.0682. The van der Waals surface area contributed by atoms with Crippen LogP contribution in [0.15, 0.2) is 30.3 Å². The van der Waals surface area contributed by atoms with Crippen molar-refractivity contribution in [2.24, 2.45) is 0 Å². The van der Waals surface area contributed by atoms with E-state index in [0.717, 1.165) is 0 Å². The van der Waals surface area contributed by atoms with Gasteiger partial charge in [-0.25, -0.2) is 9.59 Å². The highest BCUT2D eigenvalue weighted by molar-refractivity contribution is 5.89. The maximum Gasteiger partial charge on any atom is 0.338 e. The molecule has 2 atom stereocenters. The molecular formula is C13H14O6. The molecule has 6 nitrogen and oxygen atoms in total. The zero-order chi connectivity index (χ0) is 13.7. The second-order valence-electron chi connectivity index (χ2n) is 3.88. The van der Waals surface area contributed by atoms with Crippen LogP contribution in [0.1, 0.15) is 10.4 Å². The van der Waals surface area contributed by atoms with E-state index < -0.39 is 24.3 Å². The third-order valence-electron chi connectivity index (χ3n) is 2.57. The Morgan fingerprint density at radius 3 is 2.74 bits per heavy atom. The fourth-order valence-corrected chi connectivity index (χ4v) is 1.60. The highest BCUT2D eigenvalue weighted by Gasteiger charge is 2.33. The van der Waals surface area contributed by atoms with Gasteiger partial charge in [0.1, 0.15) is 6.61 Å². The summed E-state index contributed by atoms with van der Waals surface area (Å²) in [5, 5.41) is 0.